The number of aromatic nitrogens is 3. The summed E-state index contributed by atoms with van der Waals surface area (Å²) < 4.78 is 29.3. The average Bonchev–Trinajstić information content (AvgIpc) is 3.22. The first kappa shape index (κ1) is 27.6. The number of benzene rings is 2. The van der Waals surface area contributed by atoms with Crippen LogP contribution in [-0.4, -0.2) is 63.6 Å². The summed E-state index contributed by atoms with van der Waals surface area (Å²) in [5, 5.41) is 10.7. The van der Waals surface area contributed by atoms with Crippen molar-refractivity contribution in [2.75, 3.05) is 24.2 Å². The number of aryl methyl sites for hydroxylation is 1. The first-order valence-electron chi connectivity index (χ1n) is 11.8. The van der Waals surface area contributed by atoms with Gasteiger partial charge in [0.25, 0.3) is 15.7 Å². The fourth-order valence-corrected chi connectivity index (χ4v) is 4.84. The molecule has 0 amide bonds. The first-order valence-corrected chi connectivity index (χ1v) is 14.0. The highest BCUT2D eigenvalue weighted by Crippen LogP contribution is 2.30. The zero-order valence-electron chi connectivity index (χ0n) is 20.8. The number of aromatic carboxylic acids is 1. The maximum atomic E-state index is 13.5. The number of imidazole rings is 1. The lowest BCUT2D eigenvalue weighted by atomic mass is 10.1. The van der Waals surface area contributed by atoms with Gasteiger partial charge in [-0.2, -0.15) is 8.42 Å². The lowest BCUT2D eigenvalue weighted by Crippen LogP contribution is -2.44. The molecule has 11 nitrogen and oxygen atoms in total. The van der Waals surface area contributed by atoms with E-state index in [0.717, 1.165) is 24.9 Å². The zero-order chi connectivity index (χ0) is 27.8. The third-order valence-corrected chi connectivity index (χ3v) is 6.71. The van der Waals surface area contributed by atoms with Gasteiger partial charge in [-0.1, -0.05) is 29.8 Å². The molecule has 202 valence electrons. The molecule has 4 N–H and O–H groups in total. The van der Waals surface area contributed by atoms with Gasteiger partial charge in [0.1, 0.15) is 11.0 Å². The molecule has 1 fully saturated rings. The summed E-state index contributed by atoms with van der Waals surface area (Å²) in [6.45, 7) is 1.76. The van der Waals surface area contributed by atoms with E-state index in [1.54, 1.807) is 23.7 Å². The van der Waals surface area contributed by atoms with Crippen LogP contribution in [0.5, 0.6) is 0 Å². The topological polar surface area (TPSA) is 161 Å². The molecule has 0 saturated carbocycles. The molecule has 13 heteroatoms. The zero-order valence-corrected chi connectivity index (χ0v) is 22.4. The van der Waals surface area contributed by atoms with Crippen molar-refractivity contribution in [1.82, 2.24) is 14.1 Å². The van der Waals surface area contributed by atoms with Crippen LogP contribution in [0.1, 0.15) is 28.8 Å². The van der Waals surface area contributed by atoms with Gasteiger partial charge in [-0.15, -0.1) is 0 Å². The number of hydrogen-bond acceptors (Lipinski definition) is 7. The van der Waals surface area contributed by atoms with E-state index in [4.69, 9.17) is 26.9 Å². The molecule has 0 spiro atoms. The van der Waals surface area contributed by atoms with Crippen molar-refractivity contribution in [3.8, 4) is 0 Å². The second-order valence-corrected chi connectivity index (χ2v) is 11.1. The summed E-state index contributed by atoms with van der Waals surface area (Å²) in [7, 11) is -1.98. The largest absolute Gasteiger partial charge is 0.478 e. The van der Waals surface area contributed by atoms with Crippen molar-refractivity contribution in [2.24, 2.45) is 12.8 Å². The van der Waals surface area contributed by atoms with Gasteiger partial charge >= 0.3 is 5.97 Å². The minimum absolute atomic E-state index is 0.0190. The molecule has 1 atom stereocenters. The smallest absolute Gasteiger partial charge is 0.335 e. The number of fused-ring (bicyclic) bond motifs is 3. The standard InChI is InChI=1S/C24H24ClN5O3.CH4O3S/c1-28-19-9-8-14(23(32)33)11-17(19)20-21(22(28)31)30(12-15-5-2-3-7-18(15)25)24(27-20)29-10-4-6-16(26)13-29;1-5(2,3)4/h2-3,5,7-9,11,16H,4,6,10,12-13,26H2,1H3,(H,32,33);1H3,(H,2,3,4)/t16-;/m1./s1. The predicted octanol–water partition coefficient (Wildman–Crippen LogP) is 2.72. The van der Waals surface area contributed by atoms with Crippen LogP contribution in [0, 0.1) is 0 Å². The van der Waals surface area contributed by atoms with Crippen LogP contribution in [0.3, 0.4) is 0 Å². The van der Waals surface area contributed by atoms with Crippen molar-refractivity contribution in [1.29, 1.82) is 0 Å². The molecule has 0 bridgehead atoms. The van der Waals surface area contributed by atoms with Crippen molar-refractivity contribution in [2.45, 2.75) is 25.4 Å². The van der Waals surface area contributed by atoms with Crippen LogP contribution in [0.25, 0.3) is 21.9 Å². The summed E-state index contributed by atoms with van der Waals surface area (Å²) in [5.74, 6) is -0.387. The van der Waals surface area contributed by atoms with Gasteiger partial charge in [0, 0.05) is 36.6 Å². The molecular formula is C25H28ClN5O6S. The van der Waals surface area contributed by atoms with Crippen LogP contribution >= 0.6 is 11.6 Å². The van der Waals surface area contributed by atoms with E-state index in [9.17, 15) is 23.1 Å². The van der Waals surface area contributed by atoms with E-state index < -0.39 is 16.1 Å². The number of rotatable bonds is 4. The van der Waals surface area contributed by atoms with Crippen LogP contribution in [0.2, 0.25) is 5.02 Å². The highest BCUT2D eigenvalue weighted by molar-refractivity contribution is 7.85. The summed E-state index contributed by atoms with van der Waals surface area (Å²) in [6.07, 6.45) is 2.58. The van der Waals surface area contributed by atoms with Crippen molar-refractivity contribution >= 4 is 55.6 Å². The molecule has 1 aliphatic heterocycles. The molecule has 0 radical (unpaired) electrons. The van der Waals surface area contributed by atoms with Gasteiger partial charge < -0.3 is 24.9 Å². The van der Waals surface area contributed by atoms with Gasteiger partial charge in [-0.3, -0.25) is 9.35 Å². The average molecular weight is 562 g/mol. The van der Waals surface area contributed by atoms with Gasteiger partial charge in [-0.25, -0.2) is 9.78 Å². The number of hydrogen-bond donors (Lipinski definition) is 3. The van der Waals surface area contributed by atoms with Gasteiger partial charge in [0.2, 0.25) is 5.95 Å². The molecule has 0 unspecified atom stereocenters. The van der Waals surface area contributed by atoms with Gasteiger partial charge in [0.05, 0.1) is 23.9 Å². The Morgan fingerprint density at radius 3 is 2.55 bits per heavy atom. The Bertz CT molecular complexity index is 1690. The Kier molecular flexibility index (Phi) is 7.79. The lowest BCUT2D eigenvalue weighted by Gasteiger charge is -2.32. The second-order valence-electron chi connectivity index (χ2n) is 9.27. The third kappa shape index (κ3) is 5.83. The SMILES string of the molecule is CS(=O)(=O)O.Cn1c(=O)c2c(nc(N3CCC[C@@H](N)C3)n2Cc2ccccc2Cl)c2cc(C(=O)O)ccc21. The van der Waals surface area contributed by atoms with Gasteiger partial charge in [0.15, 0.2) is 0 Å². The van der Waals surface area contributed by atoms with E-state index in [-0.39, 0.29) is 17.2 Å². The molecule has 1 saturated heterocycles. The summed E-state index contributed by atoms with van der Waals surface area (Å²) in [6, 6.07) is 12.3. The van der Waals surface area contributed by atoms with E-state index in [1.807, 2.05) is 28.8 Å². The number of carbonyl (C=O) groups is 1. The Morgan fingerprint density at radius 1 is 1.24 bits per heavy atom. The molecule has 2 aromatic heterocycles. The maximum Gasteiger partial charge on any atom is 0.335 e. The monoisotopic (exact) mass is 561 g/mol. The minimum atomic E-state index is -3.67. The van der Waals surface area contributed by atoms with Crippen molar-refractivity contribution in [3.05, 3.63) is 69.0 Å². The number of nitrogens with two attached hydrogens (primary N) is 1. The Labute approximate surface area is 223 Å². The molecule has 5 rings (SSSR count). The van der Waals surface area contributed by atoms with Crippen LogP contribution in [0.15, 0.2) is 47.3 Å². The van der Waals surface area contributed by atoms with E-state index in [0.29, 0.717) is 52.3 Å². The first-order chi connectivity index (χ1) is 17.8. The molecule has 1 aliphatic rings. The lowest BCUT2D eigenvalue weighted by molar-refractivity contribution is 0.0697. The van der Waals surface area contributed by atoms with Crippen molar-refractivity contribution in [3.63, 3.8) is 0 Å². The van der Waals surface area contributed by atoms with E-state index >= 15 is 0 Å². The van der Waals surface area contributed by atoms with Crippen LogP contribution in [0.4, 0.5) is 5.95 Å². The number of carboxylic acids is 1. The normalized spacial score (nSPS) is 15.9. The highest BCUT2D eigenvalue weighted by atomic mass is 35.5. The number of nitrogens with zero attached hydrogens (tertiary/aromatic N) is 4. The van der Waals surface area contributed by atoms with Gasteiger partial charge in [-0.05, 0) is 42.7 Å². The van der Waals surface area contributed by atoms with E-state index in [1.165, 1.54) is 6.07 Å². The Hall–Kier alpha value is -3.45. The molecule has 4 aromatic rings. The maximum absolute atomic E-state index is 13.5. The summed E-state index contributed by atoms with van der Waals surface area (Å²) in [4.78, 5) is 32.2. The quantitative estimate of drug-likeness (QED) is 0.318. The molecule has 3 heterocycles. The molecular weight excluding hydrogens is 534 g/mol. The second kappa shape index (κ2) is 10.7. The minimum Gasteiger partial charge on any atom is -0.478 e. The molecule has 2 aromatic carbocycles. The predicted molar refractivity (Wildman–Crippen MR) is 147 cm³/mol. The van der Waals surface area contributed by atoms with Crippen LogP contribution in [-0.2, 0) is 23.7 Å². The Morgan fingerprint density at radius 2 is 1.92 bits per heavy atom. The number of halogens is 1. The third-order valence-electron chi connectivity index (χ3n) is 6.34. The number of piperidine rings is 1. The number of pyridine rings is 1. The Balaban J connectivity index is 0.000000617. The fraction of sp³-hybridized carbons (Fsp3) is 0.320. The molecule has 38 heavy (non-hydrogen) atoms. The summed E-state index contributed by atoms with van der Waals surface area (Å²) in [5.41, 5.74) is 8.58. The molecule has 0 aliphatic carbocycles. The fourth-order valence-electron chi connectivity index (χ4n) is 4.64. The van der Waals surface area contributed by atoms with E-state index in [2.05, 4.69) is 4.90 Å². The summed E-state index contributed by atoms with van der Waals surface area (Å²) >= 11 is 6.46. The van der Waals surface area contributed by atoms with Crippen LogP contribution < -0.4 is 16.2 Å². The number of anilines is 1. The number of carboxylic acid groups (broad SMARTS) is 1. The van der Waals surface area contributed by atoms with Crippen molar-refractivity contribution < 1.29 is 22.9 Å². The highest BCUT2D eigenvalue weighted by Gasteiger charge is 2.26.